The summed E-state index contributed by atoms with van der Waals surface area (Å²) in [6.45, 7) is 5.96. The van der Waals surface area contributed by atoms with Crippen LogP contribution in [0.3, 0.4) is 0 Å². The molecule has 158 valence electrons. The van der Waals surface area contributed by atoms with Crippen LogP contribution in [0.1, 0.15) is 30.0 Å². The van der Waals surface area contributed by atoms with Gasteiger partial charge in [-0.3, -0.25) is 4.79 Å². The quantitative estimate of drug-likeness (QED) is 0.640. The highest BCUT2D eigenvalue weighted by Gasteiger charge is 2.26. The van der Waals surface area contributed by atoms with Gasteiger partial charge in [-0.1, -0.05) is 37.6 Å². The Labute approximate surface area is 173 Å². The Morgan fingerprint density at radius 1 is 1.10 bits per heavy atom. The van der Waals surface area contributed by atoms with Crippen molar-refractivity contribution in [1.82, 2.24) is 4.31 Å². The van der Waals surface area contributed by atoms with E-state index in [9.17, 15) is 13.2 Å². The lowest BCUT2D eigenvalue weighted by Crippen LogP contribution is -2.40. The van der Waals surface area contributed by atoms with Gasteiger partial charge >= 0.3 is 0 Å². The molecule has 0 aliphatic rings. The molecule has 0 aliphatic heterocycles. The third kappa shape index (κ3) is 6.13. The maximum Gasteiger partial charge on any atom is 0.243 e. The van der Waals surface area contributed by atoms with E-state index in [4.69, 9.17) is 4.74 Å². The second-order valence-corrected chi connectivity index (χ2v) is 8.96. The fourth-order valence-electron chi connectivity index (χ4n) is 2.98. The summed E-state index contributed by atoms with van der Waals surface area (Å²) in [6, 6.07) is 12.5. The molecule has 0 saturated heterocycles. The molecule has 2 aromatic carbocycles. The molecular weight excluding hydrogens is 388 g/mol. The fourth-order valence-corrected chi connectivity index (χ4v) is 4.36. The Balaban J connectivity index is 2.20. The van der Waals surface area contributed by atoms with Crippen LogP contribution in [0.25, 0.3) is 0 Å². The Bertz CT molecular complexity index is 924. The molecule has 2 rings (SSSR count). The maximum absolute atomic E-state index is 13.1. The van der Waals surface area contributed by atoms with Gasteiger partial charge in [-0.2, -0.15) is 4.31 Å². The number of nitrogens with one attached hydrogen (secondary N) is 1. The Kier molecular flexibility index (Phi) is 8.37. The van der Waals surface area contributed by atoms with Crippen LogP contribution in [0.2, 0.25) is 0 Å². The highest BCUT2D eigenvalue weighted by molar-refractivity contribution is 7.89. The van der Waals surface area contributed by atoms with Crippen molar-refractivity contribution in [3.63, 3.8) is 0 Å². The lowest BCUT2D eigenvalue weighted by molar-refractivity contribution is -0.116. The van der Waals surface area contributed by atoms with Crippen LogP contribution in [-0.4, -0.2) is 45.4 Å². The summed E-state index contributed by atoms with van der Waals surface area (Å²) in [5.74, 6) is -0.388. The summed E-state index contributed by atoms with van der Waals surface area (Å²) >= 11 is 0. The van der Waals surface area contributed by atoms with Gasteiger partial charge in [-0.05, 0) is 55.2 Å². The van der Waals surface area contributed by atoms with Gasteiger partial charge < -0.3 is 10.1 Å². The molecule has 0 spiro atoms. The van der Waals surface area contributed by atoms with Crippen molar-refractivity contribution < 1.29 is 17.9 Å². The van der Waals surface area contributed by atoms with Crippen LogP contribution in [0.15, 0.2) is 47.4 Å². The predicted octanol–water partition coefficient (Wildman–Crippen LogP) is 3.53. The summed E-state index contributed by atoms with van der Waals surface area (Å²) in [5.41, 5.74) is 3.78. The van der Waals surface area contributed by atoms with E-state index in [-0.39, 0.29) is 30.5 Å². The van der Waals surface area contributed by atoms with E-state index < -0.39 is 10.0 Å². The molecular formula is C22H30N2O4S. The first-order valence-electron chi connectivity index (χ1n) is 9.73. The van der Waals surface area contributed by atoms with Crippen LogP contribution in [0, 0.1) is 13.8 Å². The van der Waals surface area contributed by atoms with Crippen molar-refractivity contribution in [3.8, 4) is 0 Å². The van der Waals surface area contributed by atoms with Gasteiger partial charge in [0.05, 0.1) is 18.0 Å². The zero-order chi connectivity index (χ0) is 21.4. The molecule has 0 atom stereocenters. The number of nitrogens with zero attached hydrogens (tertiary/aromatic N) is 1. The number of rotatable bonds is 10. The Morgan fingerprint density at radius 3 is 2.41 bits per heavy atom. The number of aryl methyl sites for hydroxylation is 2. The molecule has 29 heavy (non-hydrogen) atoms. The predicted molar refractivity (Wildman–Crippen MR) is 116 cm³/mol. The fraction of sp³-hybridized carbons (Fsp3) is 0.409. The molecule has 1 N–H and O–H groups in total. The Hall–Kier alpha value is -2.22. The lowest BCUT2D eigenvalue weighted by Gasteiger charge is -2.22. The summed E-state index contributed by atoms with van der Waals surface area (Å²) in [5, 5.41) is 2.82. The second-order valence-electron chi connectivity index (χ2n) is 7.02. The summed E-state index contributed by atoms with van der Waals surface area (Å²) in [6.07, 6.45) is 1.89. The normalized spacial score (nSPS) is 11.6. The van der Waals surface area contributed by atoms with Crippen molar-refractivity contribution in [2.45, 2.75) is 38.5 Å². The van der Waals surface area contributed by atoms with E-state index in [1.165, 1.54) is 7.11 Å². The molecule has 0 saturated carbocycles. The van der Waals surface area contributed by atoms with E-state index >= 15 is 0 Å². The number of hydrogen-bond donors (Lipinski definition) is 1. The minimum atomic E-state index is -3.82. The molecule has 0 radical (unpaired) electrons. The second kappa shape index (κ2) is 10.5. The number of amides is 1. The van der Waals surface area contributed by atoms with Crippen LogP contribution >= 0.6 is 0 Å². The molecule has 7 heteroatoms. The van der Waals surface area contributed by atoms with E-state index in [0.717, 1.165) is 33.8 Å². The van der Waals surface area contributed by atoms with Crippen LogP contribution in [0.4, 0.5) is 5.69 Å². The number of sulfonamides is 1. The number of carbonyl (C=O) groups is 1. The van der Waals surface area contributed by atoms with Gasteiger partial charge in [-0.15, -0.1) is 0 Å². The molecule has 1 amide bonds. The van der Waals surface area contributed by atoms with Gasteiger partial charge in [0.15, 0.2) is 0 Å². The zero-order valence-corrected chi connectivity index (χ0v) is 18.4. The number of benzene rings is 2. The van der Waals surface area contributed by atoms with Crippen LogP contribution in [-0.2, 0) is 26.0 Å². The van der Waals surface area contributed by atoms with E-state index in [0.29, 0.717) is 5.69 Å². The van der Waals surface area contributed by atoms with Gasteiger partial charge in [-0.25, -0.2) is 8.42 Å². The SMILES string of the molecule is CCCc1ccc(S(=O)(=O)N(CCOC)CC(=O)Nc2cccc(C)c2C)cc1. The largest absolute Gasteiger partial charge is 0.383 e. The first kappa shape index (κ1) is 23.1. The molecule has 6 nitrogen and oxygen atoms in total. The molecule has 2 aromatic rings. The third-order valence-electron chi connectivity index (χ3n) is 4.84. The monoisotopic (exact) mass is 418 g/mol. The number of hydrogen-bond acceptors (Lipinski definition) is 4. The molecule has 0 unspecified atom stereocenters. The number of ether oxygens (including phenoxy) is 1. The summed E-state index contributed by atoms with van der Waals surface area (Å²) in [7, 11) is -2.32. The van der Waals surface area contributed by atoms with Crippen LogP contribution < -0.4 is 5.32 Å². The maximum atomic E-state index is 13.1. The van der Waals surface area contributed by atoms with E-state index in [1.807, 2.05) is 38.1 Å². The van der Waals surface area contributed by atoms with E-state index in [2.05, 4.69) is 12.2 Å². The number of methoxy groups -OCH3 is 1. The number of anilines is 1. The standard InChI is InChI=1S/C22H30N2O4S/c1-5-7-19-10-12-20(13-11-19)29(26,27)24(14-15-28-4)16-22(25)23-21-9-6-8-17(2)18(21)3/h6,8-13H,5,7,14-16H2,1-4H3,(H,23,25). The van der Waals surface area contributed by atoms with Gasteiger partial charge in [0.1, 0.15) is 0 Å². The van der Waals surface area contributed by atoms with Crippen molar-refractivity contribution in [1.29, 1.82) is 0 Å². The first-order chi connectivity index (χ1) is 13.8. The Morgan fingerprint density at radius 2 is 1.79 bits per heavy atom. The molecule has 0 bridgehead atoms. The van der Waals surface area contributed by atoms with Crippen molar-refractivity contribution in [3.05, 3.63) is 59.2 Å². The van der Waals surface area contributed by atoms with Gasteiger partial charge in [0.2, 0.25) is 15.9 Å². The van der Waals surface area contributed by atoms with Crippen LogP contribution in [0.5, 0.6) is 0 Å². The molecule has 0 aliphatic carbocycles. The van der Waals surface area contributed by atoms with Crippen molar-refractivity contribution >= 4 is 21.6 Å². The number of carbonyl (C=O) groups excluding carboxylic acids is 1. The van der Waals surface area contributed by atoms with Crippen molar-refractivity contribution in [2.75, 3.05) is 32.1 Å². The average Bonchev–Trinajstić information content (AvgIpc) is 2.69. The summed E-state index contributed by atoms with van der Waals surface area (Å²) in [4.78, 5) is 12.8. The summed E-state index contributed by atoms with van der Waals surface area (Å²) < 4.78 is 32.4. The highest BCUT2D eigenvalue weighted by Crippen LogP contribution is 2.20. The minimum Gasteiger partial charge on any atom is -0.383 e. The van der Waals surface area contributed by atoms with Crippen molar-refractivity contribution in [2.24, 2.45) is 0 Å². The first-order valence-corrected chi connectivity index (χ1v) is 11.2. The van der Waals surface area contributed by atoms with Gasteiger partial charge in [0.25, 0.3) is 0 Å². The highest BCUT2D eigenvalue weighted by atomic mass is 32.2. The van der Waals surface area contributed by atoms with Gasteiger partial charge in [0, 0.05) is 19.3 Å². The molecule has 0 heterocycles. The van der Waals surface area contributed by atoms with E-state index in [1.54, 1.807) is 18.2 Å². The zero-order valence-electron chi connectivity index (χ0n) is 17.6. The topological polar surface area (TPSA) is 75.7 Å². The minimum absolute atomic E-state index is 0.0930. The lowest BCUT2D eigenvalue weighted by atomic mass is 10.1. The smallest absolute Gasteiger partial charge is 0.243 e. The average molecular weight is 419 g/mol. The molecule has 0 fully saturated rings. The third-order valence-corrected chi connectivity index (χ3v) is 6.70. The molecule has 0 aromatic heterocycles.